The van der Waals surface area contributed by atoms with E-state index in [1.807, 2.05) is 53.9 Å². The molecule has 124 valence electrons. The van der Waals surface area contributed by atoms with Gasteiger partial charge in [0.1, 0.15) is 10.7 Å². The van der Waals surface area contributed by atoms with E-state index in [1.165, 1.54) is 0 Å². The van der Waals surface area contributed by atoms with Crippen LogP contribution in [0.4, 0.5) is 0 Å². The quantitative estimate of drug-likeness (QED) is 0.565. The van der Waals surface area contributed by atoms with Crippen molar-refractivity contribution < 1.29 is 4.79 Å². The van der Waals surface area contributed by atoms with E-state index in [1.54, 1.807) is 40.1 Å². The molecule has 0 unspecified atom stereocenters. The molecular formula is C19H16N4OS. The fourth-order valence-electron chi connectivity index (χ4n) is 2.71. The van der Waals surface area contributed by atoms with Gasteiger partial charge in [0.05, 0.1) is 24.0 Å². The van der Waals surface area contributed by atoms with Gasteiger partial charge in [0.25, 0.3) is 5.91 Å². The smallest absolute Gasteiger partial charge is 0.272 e. The standard InChI is InChI=1S/C19H16N4OS/c1-22(19(24)17-9-5-8-16-10-11-20-23(16)17)12-15-13-25-18(21-15)14-6-3-2-4-7-14/h2-11,13H,12H2,1H3. The third-order valence-corrected chi connectivity index (χ3v) is 4.90. The van der Waals surface area contributed by atoms with Gasteiger partial charge in [0, 0.05) is 18.0 Å². The average Bonchev–Trinajstić information content (AvgIpc) is 3.30. The largest absolute Gasteiger partial charge is 0.334 e. The predicted molar refractivity (Wildman–Crippen MR) is 98.5 cm³/mol. The third-order valence-electron chi connectivity index (χ3n) is 3.96. The molecule has 1 aromatic carbocycles. The van der Waals surface area contributed by atoms with Gasteiger partial charge in [-0.05, 0) is 18.2 Å². The number of fused-ring (bicyclic) bond motifs is 1. The molecule has 5 nitrogen and oxygen atoms in total. The van der Waals surface area contributed by atoms with Crippen LogP contribution in [0.15, 0.2) is 66.2 Å². The normalized spacial score (nSPS) is 10.9. The third kappa shape index (κ3) is 3.04. The molecule has 0 aliphatic carbocycles. The van der Waals surface area contributed by atoms with Crippen LogP contribution in [0.5, 0.6) is 0 Å². The Hall–Kier alpha value is -2.99. The molecule has 1 amide bonds. The Morgan fingerprint density at radius 3 is 2.80 bits per heavy atom. The summed E-state index contributed by atoms with van der Waals surface area (Å²) in [5, 5.41) is 7.19. The van der Waals surface area contributed by atoms with Crippen LogP contribution >= 0.6 is 11.3 Å². The Morgan fingerprint density at radius 1 is 1.12 bits per heavy atom. The highest BCUT2D eigenvalue weighted by Gasteiger charge is 2.17. The van der Waals surface area contributed by atoms with Gasteiger partial charge >= 0.3 is 0 Å². The second-order valence-corrected chi connectivity index (χ2v) is 6.61. The molecule has 0 spiro atoms. The SMILES string of the molecule is CN(Cc1csc(-c2ccccc2)n1)C(=O)c1cccc2ccnn12. The van der Waals surface area contributed by atoms with Crippen molar-refractivity contribution in [2.75, 3.05) is 7.05 Å². The molecular weight excluding hydrogens is 332 g/mol. The van der Waals surface area contributed by atoms with E-state index >= 15 is 0 Å². The van der Waals surface area contributed by atoms with E-state index in [-0.39, 0.29) is 5.91 Å². The van der Waals surface area contributed by atoms with Gasteiger partial charge in [-0.1, -0.05) is 36.4 Å². The van der Waals surface area contributed by atoms with Crippen molar-refractivity contribution in [2.45, 2.75) is 6.54 Å². The van der Waals surface area contributed by atoms with Crippen molar-refractivity contribution in [3.63, 3.8) is 0 Å². The fraction of sp³-hybridized carbons (Fsp3) is 0.105. The van der Waals surface area contributed by atoms with Crippen molar-refractivity contribution in [3.8, 4) is 10.6 Å². The van der Waals surface area contributed by atoms with Gasteiger partial charge in [-0.3, -0.25) is 4.79 Å². The Bertz CT molecular complexity index is 1020. The van der Waals surface area contributed by atoms with Crippen LogP contribution in [0.2, 0.25) is 0 Å². The monoisotopic (exact) mass is 348 g/mol. The van der Waals surface area contributed by atoms with Crippen LogP contribution in [0.25, 0.3) is 16.1 Å². The van der Waals surface area contributed by atoms with E-state index in [4.69, 9.17) is 0 Å². The predicted octanol–water partition coefficient (Wildman–Crippen LogP) is 3.73. The summed E-state index contributed by atoms with van der Waals surface area (Å²) in [6.45, 7) is 0.458. The second kappa shape index (κ2) is 6.49. The Kier molecular flexibility index (Phi) is 4.03. The number of nitrogens with zero attached hydrogens (tertiary/aromatic N) is 4. The number of carbonyl (C=O) groups is 1. The summed E-state index contributed by atoms with van der Waals surface area (Å²) in [5.41, 5.74) is 3.42. The lowest BCUT2D eigenvalue weighted by Crippen LogP contribution is -2.28. The van der Waals surface area contributed by atoms with Gasteiger partial charge in [0.15, 0.2) is 0 Å². The number of benzene rings is 1. The van der Waals surface area contributed by atoms with Gasteiger partial charge in [0.2, 0.25) is 0 Å². The fourth-order valence-corrected chi connectivity index (χ4v) is 3.53. The Labute approximate surface area is 149 Å². The minimum Gasteiger partial charge on any atom is -0.334 e. The zero-order valence-corrected chi connectivity index (χ0v) is 14.5. The lowest BCUT2D eigenvalue weighted by molar-refractivity contribution is 0.0775. The Balaban J connectivity index is 1.54. The van der Waals surface area contributed by atoms with E-state index in [0.29, 0.717) is 12.2 Å². The summed E-state index contributed by atoms with van der Waals surface area (Å²) in [5.74, 6) is -0.0800. The van der Waals surface area contributed by atoms with Gasteiger partial charge < -0.3 is 4.90 Å². The van der Waals surface area contributed by atoms with E-state index in [2.05, 4.69) is 10.1 Å². The van der Waals surface area contributed by atoms with Crippen LogP contribution in [0.3, 0.4) is 0 Å². The first-order valence-corrected chi connectivity index (χ1v) is 8.78. The van der Waals surface area contributed by atoms with Crippen LogP contribution in [0, 0.1) is 0 Å². The summed E-state index contributed by atoms with van der Waals surface area (Å²) >= 11 is 1.59. The average molecular weight is 348 g/mol. The van der Waals surface area contributed by atoms with Crippen molar-refractivity contribution >= 4 is 22.8 Å². The molecule has 0 saturated carbocycles. The number of pyridine rings is 1. The summed E-state index contributed by atoms with van der Waals surface area (Å²) in [6, 6.07) is 17.5. The molecule has 0 radical (unpaired) electrons. The lowest BCUT2D eigenvalue weighted by Gasteiger charge is -2.16. The molecule has 3 aromatic heterocycles. The summed E-state index contributed by atoms with van der Waals surface area (Å²) in [7, 11) is 1.78. The van der Waals surface area contributed by atoms with Crippen molar-refractivity contribution in [2.24, 2.45) is 0 Å². The topological polar surface area (TPSA) is 50.5 Å². The lowest BCUT2D eigenvalue weighted by atomic mass is 10.2. The molecule has 0 aliphatic rings. The number of hydrogen-bond acceptors (Lipinski definition) is 4. The molecule has 0 aliphatic heterocycles. The highest BCUT2D eigenvalue weighted by molar-refractivity contribution is 7.13. The highest BCUT2D eigenvalue weighted by atomic mass is 32.1. The van der Waals surface area contributed by atoms with Crippen molar-refractivity contribution in [1.82, 2.24) is 19.5 Å². The van der Waals surface area contributed by atoms with E-state index in [0.717, 1.165) is 21.8 Å². The van der Waals surface area contributed by atoms with Crippen molar-refractivity contribution in [3.05, 3.63) is 77.6 Å². The Morgan fingerprint density at radius 2 is 1.96 bits per heavy atom. The first kappa shape index (κ1) is 15.5. The maximum Gasteiger partial charge on any atom is 0.272 e. The van der Waals surface area contributed by atoms with Crippen LogP contribution < -0.4 is 0 Å². The number of amides is 1. The zero-order valence-electron chi connectivity index (χ0n) is 13.7. The van der Waals surface area contributed by atoms with Gasteiger partial charge in [-0.15, -0.1) is 11.3 Å². The summed E-state index contributed by atoms with van der Waals surface area (Å²) in [4.78, 5) is 19.1. The second-order valence-electron chi connectivity index (χ2n) is 5.75. The molecule has 0 fully saturated rings. The number of rotatable bonds is 4. The molecule has 25 heavy (non-hydrogen) atoms. The number of aromatic nitrogens is 3. The number of carbonyl (C=O) groups excluding carboxylic acids is 1. The van der Waals surface area contributed by atoms with E-state index in [9.17, 15) is 4.79 Å². The molecule has 4 aromatic rings. The van der Waals surface area contributed by atoms with Crippen LogP contribution in [-0.2, 0) is 6.54 Å². The number of hydrogen-bond donors (Lipinski definition) is 0. The molecule has 0 saturated heterocycles. The first-order valence-electron chi connectivity index (χ1n) is 7.90. The molecule has 0 bridgehead atoms. The summed E-state index contributed by atoms with van der Waals surface area (Å²) in [6.07, 6.45) is 1.69. The molecule has 3 heterocycles. The molecule has 0 atom stereocenters. The van der Waals surface area contributed by atoms with E-state index < -0.39 is 0 Å². The molecule has 0 N–H and O–H groups in total. The molecule has 4 rings (SSSR count). The first-order chi connectivity index (χ1) is 12.2. The zero-order chi connectivity index (χ0) is 17.2. The maximum atomic E-state index is 12.8. The minimum absolute atomic E-state index is 0.0800. The van der Waals surface area contributed by atoms with Crippen LogP contribution in [-0.4, -0.2) is 32.5 Å². The minimum atomic E-state index is -0.0800. The molecule has 6 heteroatoms. The summed E-state index contributed by atoms with van der Waals surface area (Å²) < 4.78 is 1.66. The maximum absolute atomic E-state index is 12.8. The van der Waals surface area contributed by atoms with Gasteiger partial charge in [-0.25, -0.2) is 9.50 Å². The van der Waals surface area contributed by atoms with Crippen LogP contribution in [0.1, 0.15) is 16.2 Å². The highest BCUT2D eigenvalue weighted by Crippen LogP contribution is 2.24. The number of thiazole rings is 1. The van der Waals surface area contributed by atoms with Crippen molar-refractivity contribution in [1.29, 1.82) is 0 Å². The van der Waals surface area contributed by atoms with Gasteiger partial charge in [-0.2, -0.15) is 5.10 Å².